The van der Waals surface area contributed by atoms with E-state index in [-0.39, 0.29) is 30.4 Å². The monoisotopic (exact) mass is 474 g/mol. The van der Waals surface area contributed by atoms with E-state index in [1.165, 1.54) is 12.1 Å². The van der Waals surface area contributed by atoms with E-state index in [0.717, 1.165) is 6.42 Å². The third-order valence-corrected chi connectivity index (χ3v) is 6.55. The van der Waals surface area contributed by atoms with Crippen molar-refractivity contribution < 1.29 is 23.5 Å². The highest BCUT2D eigenvalue weighted by atomic mass is 35.5. The highest BCUT2D eigenvalue weighted by Gasteiger charge is 2.41. The Balaban J connectivity index is 1.54. The van der Waals surface area contributed by atoms with Crippen molar-refractivity contribution in [3.63, 3.8) is 0 Å². The molecule has 0 radical (unpaired) electrons. The van der Waals surface area contributed by atoms with Crippen molar-refractivity contribution in [3.8, 4) is 5.75 Å². The Hall–Kier alpha value is -2.64. The molecule has 33 heavy (non-hydrogen) atoms. The molecule has 0 aliphatic carbocycles. The molecule has 0 spiro atoms. The number of halogens is 2. The van der Waals surface area contributed by atoms with Crippen molar-refractivity contribution in [2.75, 3.05) is 46.0 Å². The maximum absolute atomic E-state index is 14.3. The number of hydrogen-bond donors (Lipinski definition) is 0. The Morgan fingerprint density at radius 2 is 1.76 bits per heavy atom. The average molecular weight is 475 g/mol. The number of carbonyl (C=O) groups is 2. The third kappa shape index (κ3) is 5.84. The summed E-state index contributed by atoms with van der Waals surface area (Å²) in [6.07, 6.45) is 1.69. The molecule has 6 nitrogen and oxygen atoms in total. The third-order valence-electron chi connectivity index (χ3n) is 6.30. The van der Waals surface area contributed by atoms with Crippen LogP contribution in [0.3, 0.4) is 0 Å². The second-order valence-electron chi connectivity index (χ2n) is 8.72. The highest BCUT2D eigenvalue weighted by Crippen LogP contribution is 2.36. The van der Waals surface area contributed by atoms with Crippen molar-refractivity contribution in [2.45, 2.75) is 19.3 Å². The molecule has 1 unspecified atom stereocenters. The Morgan fingerprint density at radius 3 is 2.48 bits per heavy atom. The Kier molecular flexibility index (Phi) is 7.50. The number of morpholine rings is 1. The van der Waals surface area contributed by atoms with Gasteiger partial charge in [0.05, 0.1) is 25.4 Å². The van der Waals surface area contributed by atoms with Crippen molar-refractivity contribution in [1.82, 2.24) is 9.80 Å². The second kappa shape index (κ2) is 10.5. The van der Waals surface area contributed by atoms with Gasteiger partial charge in [-0.3, -0.25) is 9.59 Å². The number of piperidine rings is 1. The zero-order valence-corrected chi connectivity index (χ0v) is 19.2. The average Bonchev–Trinajstić information content (AvgIpc) is 2.84. The standard InChI is InChI=1S/C25H28ClFN2O4/c26-19-6-8-20(9-7-19)33-18-25(16-23(30)28-12-14-32-15-13-28)10-3-11-29(17-25)24(31)21-4-1-2-5-22(21)27/h1-2,4-9H,3,10-18H2. The van der Waals surface area contributed by atoms with Gasteiger partial charge in [-0.25, -0.2) is 4.39 Å². The molecule has 176 valence electrons. The minimum atomic E-state index is -0.575. The Bertz CT molecular complexity index is 981. The molecule has 0 N–H and O–H groups in total. The van der Waals surface area contributed by atoms with Gasteiger partial charge in [0.2, 0.25) is 5.91 Å². The van der Waals surface area contributed by atoms with Gasteiger partial charge in [-0.05, 0) is 49.2 Å². The maximum atomic E-state index is 14.3. The molecule has 2 aliphatic rings. The van der Waals surface area contributed by atoms with Crippen LogP contribution < -0.4 is 4.74 Å². The van der Waals surface area contributed by atoms with E-state index >= 15 is 0 Å². The highest BCUT2D eigenvalue weighted by molar-refractivity contribution is 6.30. The fourth-order valence-corrected chi connectivity index (χ4v) is 4.64. The normalized spacial score (nSPS) is 21.0. The van der Waals surface area contributed by atoms with E-state index in [0.29, 0.717) is 56.6 Å². The summed E-state index contributed by atoms with van der Waals surface area (Å²) in [4.78, 5) is 29.8. The molecule has 2 aromatic carbocycles. The fourth-order valence-electron chi connectivity index (χ4n) is 4.51. The van der Waals surface area contributed by atoms with E-state index in [2.05, 4.69) is 0 Å². The number of hydrogen-bond acceptors (Lipinski definition) is 4. The van der Waals surface area contributed by atoms with Gasteiger partial charge in [-0.1, -0.05) is 23.7 Å². The molecule has 0 bridgehead atoms. The summed E-state index contributed by atoms with van der Waals surface area (Å²) in [6, 6.07) is 13.1. The van der Waals surface area contributed by atoms with Crippen LogP contribution in [-0.4, -0.2) is 67.6 Å². The van der Waals surface area contributed by atoms with Crippen LogP contribution in [0.4, 0.5) is 4.39 Å². The predicted octanol–water partition coefficient (Wildman–Crippen LogP) is 4.03. The number of benzene rings is 2. The second-order valence-corrected chi connectivity index (χ2v) is 9.16. The molecule has 1 atom stereocenters. The van der Waals surface area contributed by atoms with E-state index in [1.54, 1.807) is 41.3 Å². The van der Waals surface area contributed by atoms with Gasteiger partial charge in [0, 0.05) is 43.0 Å². The molecule has 2 saturated heterocycles. The number of carbonyl (C=O) groups excluding carboxylic acids is 2. The number of nitrogens with zero attached hydrogens (tertiary/aromatic N) is 2. The first kappa shape index (κ1) is 23.5. The minimum Gasteiger partial charge on any atom is -0.493 e. The van der Waals surface area contributed by atoms with Crippen molar-refractivity contribution in [1.29, 1.82) is 0 Å². The largest absolute Gasteiger partial charge is 0.493 e. The summed E-state index contributed by atoms with van der Waals surface area (Å²) < 4.78 is 25.7. The quantitative estimate of drug-likeness (QED) is 0.634. The molecule has 4 rings (SSSR count). The lowest BCUT2D eigenvalue weighted by Crippen LogP contribution is -2.52. The maximum Gasteiger partial charge on any atom is 0.256 e. The van der Waals surface area contributed by atoms with E-state index in [9.17, 15) is 14.0 Å². The topological polar surface area (TPSA) is 59.1 Å². The first-order valence-corrected chi connectivity index (χ1v) is 11.6. The van der Waals surface area contributed by atoms with Crippen LogP contribution in [0.1, 0.15) is 29.6 Å². The number of rotatable bonds is 6. The molecule has 8 heteroatoms. The lowest BCUT2D eigenvalue weighted by atomic mass is 9.77. The summed E-state index contributed by atoms with van der Waals surface area (Å²) in [6.45, 7) is 3.28. The van der Waals surface area contributed by atoms with Gasteiger partial charge in [0.1, 0.15) is 11.6 Å². The summed E-state index contributed by atoms with van der Waals surface area (Å²) in [5, 5.41) is 0.610. The zero-order valence-electron chi connectivity index (χ0n) is 18.5. The van der Waals surface area contributed by atoms with Gasteiger partial charge in [-0.15, -0.1) is 0 Å². The molecule has 2 heterocycles. The minimum absolute atomic E-state index is 0.0261. The summed E-state index contributed by atoms with van der Waals surface area (Å²) >= 11 is 5.98. The molecular formula is C25H28ClFN2O4. The molecule has 2 aromatic rings. The molecule has 2 aliphatic heterocycles. The molecule has 0 aromatic heterocycles. The lowest BCUT2D eigenvalue weighted by Gasteiger charge is -2.43. The van der Waals surface area contributed by atoms with Gasteiger partial charge < -0.3 is 19.3 Å². The first-order valence-electron chi connectivity index (χ1n) is 11.2. The van der Waals surface area contributed by atoms with Crippen LogP contribution in [0.2, 0.25) is 5.02 Å². The predicted molar refractivity (Wildman–Crippen MR) is 123 cm³/mol. The summed E-state index contributed by atoms with van der Waals surface area (Å²) in [5.41, 5.74) is -0.528. The summed E-state index contributed by atoms with van der Waals surface area (Å²) in [5.74, 6) is -0.226. The van der Waals surface area contributed by atoms with Gasteiger partial charge in [0.25, 0.3) is 5.91 Å². The van der Waals surface area contributed by atoms with E-state index < -0.39 is 11.2 Å². The van der Waals surface area contributed by atoms with Gasteiger partial charge >= 0.3 is 0 Å². The number of likely N-dealkylation sites (tertiary alicyclic amines) is 1. The number of ether oxygens (including phenoxy) is 2. The van der Waals surface area contributed by atoms with E-state index in [1.807, 2.05) is 4.90 Å². The van der Waals surface area contributed by atoms with Crippen molar-refractivity contribution in [2.24, 2.45) is 5.41 Å². The molecule has 2 fully saturated rings. The van der Waals surface area contributed by atoms with E-state index in [4.69, 9.17) is 21.1 Å². The van der Waals surface area contributed by atoms with Crippen LogP contribution in [0.5, 0.6) is 5.75 Å². The Labute approximate surface area is 198 Å². The van der Waals surface area contributed by atoms with Crippen LogP contribution in [0.25, 0.3) is 0 Å². The van der Waals surface area contributed by atoms with Gasteiger partial charge in [0.15, 0.2) is 0 Å². The van der Waals surface area contributed by atoms with Crippen LogP contribution >= 0.6 is 11.6 Å². The van der Waals surface area contributed by atoms with Crippen LogP contribution in [0, 0.1) is 11.2 Å². The fraction of sp³-hybridized carbons (Fsp3) is 0.440. The molecule has 0 saturated carbocycles. The summed E-state index contributed by atoms with van der Waals surface area (Å²) in [7, 11) is 0. The van der Waals surface area contributed by atoms with Gasteiger partial charge in [-0.2, -0.15) is 0 Å². The smallest absolute Gasteiger partial charge is 0.256 e. The van der Waals surface area contributed by atoms with Crippen LogP contribution in [0.15, 0.2) is 48.5 Å². The molecular weight excluding hydrogens is 447 g/mol. The van der Waals surface area contributed by atoms with Crippen LogP contribution in [-0.2, 0) is 9.53 Å². The van der Waals surface area contributed by atoms with Crippen molar-refractivity contribution >= 4 is 23.4 Å². The first-order chi connectivity index (χ1) is 16.0. The lowest BCUT2D eigenvalue weighted by molar-refractivity contribution is -0.139. The molecule has 2 amide bonds. The van der Waals surface area contributed by atoms with Crippen molar-refractivity contribution in [3.05, 3.63) is 64.9 Å². The SMILES string of the molecule is O=C(CC1(COc2ccc(Cl)cc2)CCCN(C(=O)c2ccccc2F)C1)N1CCOCC1. The number of amides is 2. The Morgan fingerprint density at radius 1 is 1.03 bits per heavy atom. The zero-order chi connectivity index (χ0) is 23.3.